The van der Waals surface area contributed by atoms with Gasteiger partial charge in [-0.25, -0.2) is 18.4 Å². The summed E-state index contributed by atoms with van der Waals surface area (Å²) in [5, 5.41) is 21.0. The van der Waals surface area contributed by atoms with Crippen molar-refractivity contribution in [2.45, 2.75) is 6.04 Å². The van der Waals surface area contributed by atoms with Crippen LogP contribution in [0.15, 0.2) is 18.2 Å². The number of amides is 2. The Bertz CT molecular complexity index is 467. The zero-order valence-corrected chi connectivity index (χ0v) is 8.98. The number of hydrogen-bond acceptors (Lipinski definition) is 3. The van der Waals surface area contributed by atoms with Crippen LogP contribution in [0.25, 0.3) is 0 Å². The molecule has 1 aromatic carbocycles. The summed E-state index contributed by atoms with van der Waals surface area (Å²) in [5.41, 5.74) is -0.436. The maximum absolute atomic E-state index is 13.1. The van der Waals surface area contributed by atoms with E-state index in [1.165, 1.54) is 0 Å². The second-order valence-corrected chi connectivity index (χ2v) is 3.30. The minimum absolute atomic E-state index is 0.436. The maximum atomic E-state index is 13.1. The van der Waals surface area contributed by atoms with Crippen molar-refractivity contribution < 1.29 is 28.6 Å². The van der Waals surface area contributed by atoms with Gasteiger partial charge in [0, 0.05) is 6.07 Å². The molecule has 0 saturated heterocycles. The van der Waals surface area contributed by atoms with Gasteiger partial charge in [0.25, 0.3) is 0 Å². The molecule has 8 heteroatoms. The van der Waals surface area contributed by atoms with E-state index in [2.05, 4.69) is 0 Å². The number of benzene rings is 1. The molecular weight excluding hydrogens is 250 g/mol. The SMILES string of the molecule is O=C(Nc1cc(F)ccc1F)NC(CO)C(=O)O. The summed E-state index contributed by atoms with van der Waals surface area (Å²) < 4.78 is 25.9. The van der Waals surface area contributed by atoms with Gasteiger partial charge in [-0.2, -0.15) is 0 Å². The van der Waals surface area contributed by atoms with Crippen LogP contribution in [-0.4, -0.2) is 34.9 Å². The average Bonchev–Trinajstić information content (AvgIpc) is 2.30. The normalized spacial score (nSPS) is 11.7. The molecule has 0 saturated carbocycles. The van der Waals surface area contributed by atoms with Gasteiger partial charge in [0.05, 0.1) is 12.3 Å². The molecule has 98 valence electrons. The molecule has 2 amide bonds. The molecule has 6 nitrogen and oxygen atoms in total. The number of carbonyl (C=O) groups excluding carboxylic acids is 1. The lowest BCUT2D eigenvalue weighted by molar-refractivity contribution is -0.140. The summed E-state index contributed by atoms with van der Waals surface area (Å²) in [7, 11) is 0. The van der Waals surface area contributed by atoms with Crippen molar-refractivity contribution in [2.75, 3.05) is 11.9 Å². The monoisotopic (exact) mass is 260 g/mol. The number of aliphatic hydroxyl groups excluding tert-OH is 1. The van der Waals surface area contributed by atoms with Crippen molar-refractivity contribution in [3.63, 3.8) is 0 Å². The van der Waals surface area contributed by atoms with E-state index in [-0.39, 0.29) is 0 Å². The Kier molecular flexibility index (Phi) is 4.55. The Morgan fingerprint density at radius 1 is 1.33 bits per heavy atom. The summed E-state index contributed by atoms with van der Waals surface area (Å²) >= 11 is 0. The second-order valence-electron chi connectivity index (χ2n) is 3.30. The standard InChI is InChI=1S/C10H10F2N2O4/c11-5-1-2-6(12)7(3-5)13-10(18)14-8(4-15)9(16)17/h1-3,8,15H,4H2,(H,16,17)(H2,13,14,18). The maximum Gasteiger partial charge on any atom is 0.328 e. The number of halogens is 2. The van der Waals surface area contributed by atoms with Gasteiger partial charge in [-0.3, -0.25) is 0 Å². The Hall–Kier alpha value is -2.22. The Balaban J connectivity index is 2.70. The van der Waals surface area contributed by atoms with Crippen molar-refractivity contribution in [3.8, 4) is 0 Å². The molecule has 0 aliphatic heterocycles. The van der Waals surface area contributed by atoms with E-state index in [1.807, 2.05) is 10.6 Å². The second kappa shape index (κ2) is 5.92. The van der Waals surface area contributed by atoms with E-state index in [0.29, 0.717) is 0 Å². The first-order valence-corrected chi connectivity index (χ1v) is 4.80. The van der Waals surface area contributed by atoms with Crippen LogP contribution in [0.5, 0.6) is 0 Å². The number of anilines is 1. The van der Waals surface area contributed by atoms with Gasteiger partial charge in [0.2, 0.25) is 0 Å². The van der Waals surface area contributed by atoms with Gasteiger partial charge >= 0.3 is 12.0 Å². The van der Waals surface area contributed by atoms with E-state index >= 15 is 0 Å². The van der Waals surface area contributed by atoms with E-state index in [4.69, 9.17) is 10.2 Å². The molecular formula is C10H10F2N2O4. The van der Waals surface area contributed by atoms with Crippen LogP contribution in [0.1, 0.15) is 0 Å². The fraction of sp³-hybridized carbons (Fsp3) is 0.200. The fourth-order valence-electron chi connectivity index (χ4n) is 1.10. The smallest absolute Gasteiger partial charge is 0.328 e. The third kappa shape index (κ3) is 3.67. The molecule has 0 spiro atoms. The van der Waals surface area contributed by atoms with Crippen LogP contribution < -0.4 is 10.6 Å². The van der Waals surface area contributed by atoms with Crippen LogP contribution in [0.4, 0.5) is 19.3 Å². The highest BCUT2D eigenvalue weighted by Gasteiger charge is 2.19. The highest BCUT2D eigenvalue weighted by atomic mass is 19.1. The first-order valence-electron chi connectivity index (χ1n) is 4.80. The van der Waals surface area contributed by atoms with Crippen LogP contribution >= 0.6 is 0 Å². The van der Waals surface area contributed by atoms with Gasteiger partial charge in [-0.05, 0) is 12.1 Å². The van der Waals surface area contributed by atoms with Crippen molar-refractivity contribution >= 4 is 17.7 Å². The third-order valence-electron chi connectivity index (χ3n) is 1.96. The number of carboxylic acids is 1. The molecule has 1 unspecified atom stereocenters. The topological polar surface area (TPSA) is 98.7 Å². The van der Waals surface area contributed by atoms with Crippen molar-refractivity contribution in [1.29, 1.82) is 0 Å². The van der Waals surface area contributed by atoms with Crippen molar-refractivity contribution in [2.24, 2.45) is 0 Å². The average molecular weight is 260 g/mol. The molecule has 0 aliphatic carbocycles. The number of nitrogens with one attached hydrogen (secondary N) is 2. The lowest BCUT2D eigenvalue weighted by Crippen LogP contribution is -2.45. The van der Waals surface area contributed by atoms with E-state index < -0.39 is 42.0 Å². The minimum Gasteiger partial charge on any atom is -0.480 e. The minimum atomic E-state index is -1.53. The zero-order valence-electron chi connectivity index (χ0n) is 8.98. The predicted octanol–water partition coefficient (Wildman–Crippen LogP) is 0.532. The molecule has 0 fully saturated rings. The summed E-state index contributed by atoms with van der Waals surface area (Å²) in [6.07, 6.45) is 0. The van der Waals surface area contributed by atoms with Gasteiger partial charge in [-0.15, -0.1) is 0 Å². The number of rotatable bonds is 4. The highest BCUT2D eigenvalue weighted by Crippen LogP contribution is 2.14. The van der Waals surface area contributed by atoms with E-state index in [0.717, 1.165) is 18.2 Å². The van der Waals surface area contributed by atoms with Crippen LogP contribution in [0, 0.1) is 11.6 Å². The Morgan fingerprint density at radius 2 is 2.00 bits per heavy atom. The molecule has 1 aromatic rings. The molecule has 4 N–H and O–H groups in total. The molecule has 18 heavy (non-hydrogen) atoms. The molecule has 0 aliphatic rings. The van der Waals surface area contributed by atoms with Crippen LogP contribution in [0.3, 0.4) is 0 Å². The van der Waals surface area contributed by atoms with Crippen molar-refractivity contribution in [1.82, 2.24) is 5.32 Å². The van der Waals surface area contributed by atoms with Crippen molar-refractivity contribution in [3.05, 3.63) is 29.8 Å². The molecule has 1 rings (SSSR count). The van der Waals surface area contributed by atoms with Gasteiger partial charge in [0.1, 0.15) is 11.6 Å². The highest BCUT2D eigenvalue weighted by molar-refractivity contribution is 5.92. The van der Waals surface area contributed by atoms with E-state index in [9.17, 15) is 18.4 Å². The molecule has 0 aromatic heterocycles. The van der Waals surface area contributed by atoms with Gasteiger partial charge in [-0.1, -0.05) is 0 Å². The Morgan fingerprint density at radius 3 is 2.56 bits per heavy atom. The molecule has 0 radical (unpaired) electrons. The number of carboxylic acid groups (broad SMARTS) is 1. The van der Waals surface area contributed by atoms with Gasteiger partial charge in [0.15, 0.2) is 6.04 Å². The lowest BCUT2D eigenvalue weighted by atomic mass is 10.3. The third-order valence-corrected chi connectivity index (χ3v) is 1.96. The number of carbonyl (C=O) groups is 2. The first kappa shape index (κ1) is 13.8. The summed E-state index contributed by atoms with van der Waals surface area (Å²) in [4.78, 5) is 21.8. The molecule has 1 atom stereocenters. The van der Waals surface area contributed by atoms with E-state index in [1.54, 1.807) is 0 Å². The summed E-state index contributed by atoms with van der Waals surface area (Å²) in [6, 6.07) is -0.177. The fourth-order valence-corrected chi connectivity index (χ4v) is 1.10. The number of aliphatic carboxylic acids is 1. The number of urea groups is 1. The lowest BCUT2D eigenvalue weighted by Gasteiger charge is -2.12. The number of hydrogen-bond donors (Lipinski definition) is 4. The largest absolute Gasteiger partial charge is 0.480 e. The quantitative estimate of drug-likeness (QED) is 0.634. The number of aliphatic hydroxyl groups is 1. The zero-order chi connectivity index (χ0) is 13.7. The summed E-state index contributed by atoms with van der Waals surface area (Å²) in [6.45, 7) is -0.825. The molecule has 0 bridgehead atoms. The first-order chi connectivity index (χ1) is 8.43. The van der Waals surface area contributed by atoms with Gasteiger partial charge < -0.3 is 20.8 Å². The van der Waals surface area contributed by atoms with Crippen LogP contribution in [0.2, 0.25) is 0 Å². The summed E-state index contributed by atoms with van der Waals surface area (Å²) in [5.74, 6) is -3.08. The Labute approximate surface area is 100 Å². The predicted molar refractivity (Wildman–Crippen MR) is 57.0 cm³/mol. The van der Waals surface area contributed by atoms with Crippen LogP contribution in [-0.2, 0) is 4.79 Å². The molecule has 0 heterocycles.